The molecule has 0 radical (unpaired) electrons. The van der Waals surface area contributed by atoms with Crippen molar-refractivity contribution in [2.45, 2.75) is 27.2 Å². The zero-order chi connectivity index (χ0) is 11.7. The van der Waals surface area contributed by atoms with Crippen molar-refractivity contribution in [2.75, 3.05) is 18.0 Å². The Morgan fingerprint density at radius 2 is 1.88 bits per heavy atom. The average molecular weight is 217 g/mol. The van der Waals surface area contributed by atoms with E-state index in [1.54, 1.807) is 6.92 Å². The highest BCUT2D eigenvalue weighted by atomic mass is 16.1. The van der Waals surface area contributed by atoms with Crippen molar-refractivity contribution in [1.82, 2.24) is 0 Å². The number of nitrogens with zero attached hydrogens (tertiary/aromatic N) is 1. The molecule has 2 rings (SSSR count). The van der Waals surface area contributed by atoms with Crippen LogP contribution in [0.25, 0.3) is 0 Å². The van der Waals surface area contributed by atoms with Crippen molar-refractivity contribution in [1.29, 1.82) is 0 Å². The summed E-state index contributed by atoms with van der Waals surface area (Å²) < 4.78 is 0. The van der Waals surface area contributed by atoms with Crippen LogP contribution in [0.3, 0.4) is 0 Å². The monoisotopic (exact) mass is 217 g/mol. The third-order valence-corrected chi connectivity index (χ3v) is 3.33. The second kappa shape index (κ2) is 4.28. The van der Waals surface area contributed by atoms with Crippen molar-refractivity contribution in [3.05, 3.63) is 29.3 Å². The molecule has 1 atom stereocenters. The van der Waals surface area contributed by atoms with Crippen LogP contribution in [0.15, 0.2) is 18.2 Å². The van der Waals surface area contributed by atoms with Crippen molar-refractivity contribution in [3.8, 4) is 0 Å². The minimum Gasteiger partial charge on any atom is -0.371 e. The summed E-state index contributed by atoms with van der Waals surface area (Å²) in [6, 6.07) is 6.59. The molecule has 0 saturated carbocycles. The summed E-state index contributed by atoms with van der Waals surface area (Å²) in [5.74, 6) is 0.563. The van der Waals surface area contributed by atoms with Crippen LogP contribution in [0.1, 0.15) is 24.5 Å². The van der Waals surface area contributed by atoms with Gasteiger partial charge in [0, 0.05) is 24.7 Å². The van der Waals surface area contributed by atoms with Crippen LogP contribution < -0.4 is 4.90 Å². The summed E-state index contributed by atoms with van der Waals surface area (Å²) in [5, 5.41) is 0. The largest absolute Gasteiger partial charge is 0.371 e. The highest BCUT2D eigenvalue weighted by Gasteiger charge is 2.25. The van der Waals surface area contributed by atoms with Gasteiger partial charge in [0.05, 0.1) is 0 Å². The minimum absolute atomic E-state index is 0.237. The summed E-state index contributed by atoms with van der Waals surface area (Å²) in [4.78, 5) is 13.7. The van der Waals surface area contributed by atoms with Crippen molar-refractivity contribution >= 4 is 11.5 Å². The molecule has 1 aromatic rings. The fourth-order valence-corrected chi connectivity index (χ4v) is 2.46. The minimum atomic E-state index is 0.237. The summed E-state index contributed by atoms with van der Waals surface area (Å²) >= 11 is 0. The molecule has 1 unspecified atom stereocenters. The molecular weight excluding hydrogens is 198 g/mol. The lowest BCUT2D eigenvalue weighted by atomic mass is 10.1. The first-order chi connectivity index (χ1) is 7.56. The standard InChI is InChI=1S/C14H19NO/c1-10-6-11(2)8-14(7-10)15-5-4-13(9-15)12(3)16/h6-8,13H,4-5,9H2,1-3H3. The lowest BCUT2D eigenvalue weighted by molar-refractivity contribution is -0.120. The quantitative estimate of drug-likeness (QED) is 0.759. The number of aryl methyl sites for hydroxylation is 2. The first-order valence-corrected chi connectivity index (χ1v) is 5.90. The van der Waals surface area contributed by atoms with E-state index in [-0.39, 0.29) is 5.92 Å². The molecule has 1 saturated heterocycles. The second-order valence-electron chi connectivity index (χ2n) is 4.89. The number of anilines is 1. The molecule has 1 aliphatic heterocycles. The SMILES string of the molecule is CC(=O)C1CCN(c2cc(C)cc(C)c2)C1. The van der Waals surface area contributed by atoms with Gasteiger partial charge in [0.2, 0.25) is 0 Å². The van der Waals surface area contributed by atoms with E-state index in [0.29, 0.717) is 5.78 Å². The highest BCUT2D eigenvalue weighted by molar-refractivity contribution is 5.79. The van der Waals surface area contributed by atoms with Crippen LogP contribution in [-0.2, 0) is 4.79 Å². The van der Waals surface area contributed by atoms with Gasteiger partial charge < -0.3 is 4.90 Å². The summed E-state index contributed by atoms with van der Waals surface area (Å²) in [7, 11) is 0. The normalized spacial score (nSPS) is 20.2. The molecule has 0 spiro atoms. The Hall–Kier alpha value is -1.31. The molecule has 0 N–H and O–H groups in total. The van der Waals surface area contributed by atoms with Gasteiger partial charge in [-0.05, 0) is 50.5 Å². The lowest BCUT2D eigenvalue weighted by Gasteiger charge is -2.19. The second-order valence-corrected chi connectivity index (χ2v) is 4.89. The molecule has 1 aliphatic rings. The summed E-state index contributed by atoms with van der Waals surface area (Å²) in [5.41, 5.74) is 3.85. The maximum absolute atomic E-state index is 11.3. The van der Waals surface area contributed by atoms with Gasteiger partial charge in [0.1, 0.15) is 5.78 Å². The molecule has 0 aliphatic carbocycles. The van der Waals surface area contributed by atoms with E-state index in [0.717, 1.165) is 19.5 Å². The van der Waals surface area contributed by atoms with E-state index in [1.807, 2.05) is 0 Å². The van der Waals surface area contributed by atoms with Crippen LogP contribution in [0, 0.1) is 19.8 Å². The Kier molecular flexibility index (Phi) is 2.99. The molecule has 0 bridgehead atoms. The predicted molar refractivity (Wildman–Crippen MR) is 66.9 cm³/mol. The Balaban J connectivity index is 2.17. The average Bonchev–Trinajstić information content (AvgIpc) is 2.64. The van der Waals surface area contributed by atoms with Gasteiger partial charge in [-0.25, -0.2) is 0 Å². The Labute approximate surface area is 97.3 Å². The van der Waals surface area contributed by atoms with Gasteiger partial charge in [-0.1, -0.05) is 6.07 Å². The van der Waals surface area contributed by atoms with Crippen LogP contribution in [0.4, 0.5) is 5.69 Å². The topological polar surface area (TPSA) is 20.3 Å². The van der Waals surface area contributed by atoms with E-state index >= 15 is 0 Å². The van der Waals surface area contributed by atoms with E-state index in [2.05, 4.69) is 36.9 Å². The van der Waals surface area contributed by atoms with E-state index in [4.69, 9.17) is 0 Å². The first kappa shape index (κ1) is 11.2. The Morgan fingerprint density at radius 1 is 1.25 bits per heavy atom. The molecule has 86 valence electrons. The molecular formula is C14H19NO. The van der Waals surface area contributed by atoms with Gasteiger partial charge in [-0.2, -0.15) is 0 Å². The Bertz CT molecular complexity index is 391. The van der Waals surface area contributed by atoms with Crippen LogP contribution in [0.2, 0.25) is 0 Å². The number of carbonyl (C=O) groups is 1. The van der Waals surface area contributed by atoms with E-state index in [9.17, 15) is 4.79 Å². The molecule has 1 heterocycles. The number of rotatable bonds is 2. The molecule has 0 amide bonds. The fourth-order valence-electron chi connectivity index (χ4n) is 2.46. The van der Waals surface area contributed by atoms with Gasteiger partial charge in [0.15, 0.2) is 0 Å². The lowest BCUT2D eigenvalue weighted by Crippen LogP contribution is -2.21. The number of carbonyl (C=O) groups excluding carboxylic acids is 1. The molecule has 2 nitrogen and oxygen atoms in total. The number of Topliss-reactive ketones (excluding diaryl/α,β-unsaturated/α-hetero) is 1. The van der Waals surface area contributed by atoms with Gasteiger partial charge >= 0.3 is 0 Å². The van der Waals surface area contributed by atoms with Crippen molar-refractivity contribution in [2.24, 2.45) is 5.92 Å². The maximum atomic E-state index is 11.3. The third-order valence-electron chi connectivity index (χ3n) is 3.33. The molecule has 2 heteroatoms. The number of hydrogen-bond donors (Lipinski definition) is 0. The first-order valence-electron chi connectivity index (χ1n) is 5.90. The maximum Gasteiger partial charge on any atom is 0.134 e. The summed E-state index contributed by atoms with van der Waals surface area (Å²) in [6.45, 7) is 7.84. The smallest absolute Gasteiger partial charge is 0.134 e. The number of hydrogen-bond acceptors (Lipinski definition) is 2. The van der Waals surface area contributed by atoms with Gasteiger partial charge in [-0.3, -0.25) is 4.79 Å². The molecule has 1 fully saturated rings. The van der Waals surface area contributed by atoms with Crippen LogP contribution in [-0.4, -0.2) is 18.9 Å². The summed E-state index contributed by atoms with van der Waals surface area (Å²) in [6.07, 6.45) is 1.00. The number of ketones is 1. The van der Waals surface area contributed by atoms with Crippen molar-refractivity contribution < 1.29 is 4.79 Å². The zero-order valence-electron chi connectivity index (χ0n) is 10.3. The molecule has 1 aromatic carbocycles. The van der Waals surface area contributed by atoms with Crippen molar-refractivity contribution in [3.63, 3.8) is 0 Å². The third kappa shape index (κ3) is 2.26. The van der Waals surface area contributed by atoms with E-state index in [1.165, 1.54) is 16.8 Å². The zero-order valence-corrected chi connectivity index (χ0v) is 10.3. The number of benzene rings is 1. The Morgan fingerprint density at radius 3 is 2.38 bits per heavy atom. The van der Waals surface area contributed by atoms with Gasteiger partial charge in [-0.15, -0.1) is 0 Å². The van der Waals surface area contributed by atoms with Crippen LogP contribution in [0.5, 0.6) is 0 Å². The predicted octanol–water partition coefficient (Wildman–Crippen LogP) is 2.72. The highest BCUT2D eigenvalue weighted by Crippen LogP contribution is 2.26. The fraction of sp³-hybridized carbons (Fsp3) is 0.500. The molecule has 16 heavy (non-hydrogen) atoms. The van der Waals surface area contributed by atoms with E-state index < -0.39 is 0 Å². The van der Waals surface area contributed by atoms with Crippen LogP contribution >= 0.6 is 0 Å². The molecule has 0 aromatic heterocycles. The van der Waals surface area contributed by atoms with Gasteiger partial charge in [0.25, 0.3) is 0 Å².